The summed E-state index contributed by atoms with van der Waals surface area (Å²) >= 11 is 0. The molecule has 4 nitrogen and oxygen atoms in total. The van der Waals surface area contributed by atoms with E-state index in [1.807, 2.05) is 66.7 Å². The van der Waals surface area contributed by atoms with Crippen molar-refractivity contribution in [3.63, 3.8) is 0 Å². The molecule has 5 rings (SSSR count). The van der Waals surface area contributed by atoms with E-state index < -0.39 is 5.97 Å². The molecule has 1 heterocycles. The van der Waals surface area contributed by atoms with Gasteiger partial charge in [-0.15, -0.1) is 0 Å². The molecule has 0 saturated heterocycles. The highest BCUT2D eigenvalue weighted by atomic mass is 16.5. The molecular weight excluding hydrogens is 410 g/mol. The van der Waals surface area contributed by atoms with Gasteiger partial charge in [-0.25, -0.2) is 4.79 Å². The van der Waals surface area contributed by atoms with E-state index in [1.54, 1.807) is 12.1 Å². The number of benzene rings is 3. The number of hydrogen-bond acceptors (Lipinski definition) is 4. The molecule has 0 N–H and O–H groups in total. The van der Waals surface area contributed by atoms with Gasteiger partial charge in [-0.1, -0.05) is 79.7 Å². The standard InChI is InChI=1S/C29H25NO3/c1-19-11-16-26-24(17-19)28(23-9-5-6-10-25(23)30-26)29(32)33-18-27(31)22-14-12-21(13-15-22)20-7-3-2-4-8-20/h2-10,12-15,19H,11,16-18H2,1H3. The van der Waals surface area contributed by atoms with E-state index in [-0.39, 0.29) is 12.4 Å². The van der Waals surface area contributed by atoms with Crippen molar-refractivity contribution in [2.45, 2.75) is 26.2 Å². The molecule has 0 aliphatic heterocycles. The van der Waals surface area contributed by atoms with E-state index in [1.165, 1.54) is 0 Å². The fourth-order valence-electron chi connectivity index (χ4n) is 4.56. The molecule has 0 amide bonds. The lowest BCUT2D eigenvalue weighted by atomic mass is 9.84. The summed E-state index contributed by atoms with van der Waals surface area (Å²) in [6.45, 7) is 1.90. The number of rotatable bonds is 5. The summed E-state index contributed by atoms with van der Waals surface area (Å²) in [5, 5.41) is 0.787. The van der Waals surface area contributed by atoms with Crippen LogP contribution < -0.4 is 0 Å². The monoisotopic (exact) mass is 435 g/mol. The quantitative estimate of drug-likeness (QED) is 0.282. The number of ether oxygens (including phenoxy) is 1. The topological polar surface area (TPSA) is 56.3 Å². The molecule has 33 heavy (non-hydrogen) atoms. The zero-order valence-corrected chi connectivity index (χ0v) is 18.6. The third kappa shape index (κ3) is 4.29. The number of aromatic nitrogens is 1. The average Bonchev–Trinajstić information content (AvgIpc) is 2.86. The summed E-state index contributed by atoms with van der Waals surface area (Å²) in [6.07, 6.45) is 2.71. The molecule has 4 aromatic rings. The lowest BCUT2D eigenvalue weighted by molar-refractivity contribution is 0.0475. The van der Waals surface area contributed by atoms with Gasteiger partial charge in [0.15, 0.2) is 12.4 Å². The van der Waals surface area contributed by atoms with Crippen LogP contribution in [-0.2, 0) is 17.6 Å². The Morgan fingerprint density at radius 1 is 0.909 bits per heavy atom. The van der Waals surface area contributed by atoms with Crippen molar-refractivity contribution in [1.29, 1.82) is 0 Å². The van der Waals surface area contributed by atoms with Gasteiger partial charge in [-0.2, -0.15) is 0 Å². The number of pyridine rings is 1. The van der Waals surface area contributed by atoms with Crippen LogP contribution in [0.2, 0.25) is 0 Å². The normalized spacial score (nSPS) is 15.1. The lowest BCUT2D eigenvalue weighted by Crippen LogP contribution is -2.21. The largest absolute Gasteiger partial charge is 0.454 e. The van der Waals surface area contributed by atoms with Gasteiger partial charge < -0.3 is 4.74 Å². The molecule has 3 aromatic carbocycles. The molecule has 0 spiro atoms. The number of ketones is 1. The Hall–Kier alpha value is -3.79. The highest BCUT2D eigenvalue weighted by molar-refractivity contribution is 6.06. The predicted molar refractivity (Wildman–Crippen MR) is 129 cm³/mol. The third-order valence-electron chi connectivity index (χ3n) is 6.36. The number of fused-ring (bicyclic) bond motifs is 2. The Bertz CT molecular complexity index is 1330. The van der Waals surface area contributed by atoms with Crippen LogP contribution in [0.25, 0.3) is 22.0 Å². The maximum absolute atomic E-state index is 13.2. The second-order valence-corrected chi connectivity index (χ2v) is 8.72. The summed E-state index contributed by atoms with van der Waals surface area (Å²) < 4.78 is 5.55. The highest BCUT2D eigenvalue weighted by Gasteiger charge is 2.26. The minimum Gasteiger partial charge on any atom is -0.454 e. The second kappa shape index (κ2) is 8.99. The van der Waals surface area contributed by atoms with E-state index in [9.17, 15) is 9.59 Å². The van der Waals surface area contributed by atoms with Crippen LogP contribution in [0.5, 0.6) is 0 Å². The average molecular weight is 436 g/mol. The van der Waals surface area contributed by atoms with Crippen LogP contribution in [0.15, 0.2) is 78.9 Å². The van der Waals surface area contributed by atoms with E-state index in [0.29, 0.717) is 17.0 Å². The fraction of sp³-hybridized carbons (Fsp3) is 0.207. The molecule has 1 aliphatic carbocycles. The molecule has 1 aromatic heterocycles. The minimum absolute atomic E-state index is 0.219. The first kappa shape index (κ1) is 21.1. The summed E-state index contributed by atoms with van der Waals surface area (Å²) in [5.41, 5.74) is 5.95. The number of esters is 1. The molecule has 0 fully saturated rings. The minimum atomic E-state index is -0.451. The number of aryl methyl sites for hydroxylation is 1. The van der Waals surface area contributed by atoms with E-state index in [4.69, 9.17) is 9.72 Å². The van der Waals surface area contributed by atoms with Gasteiger partial charge in [0.25, 0.3) is 0 Å². The molecular formula is C29H25NO3. The van der Waals surface area contributed by atoms with E-state index in [2.05, 4.69) is 6.92 Å². The molecule has 164 valence electrons. The van der Waals surface area contributed by atoms with Crippen molar-refractivity contribution < 1.29 is 14.3 Å². The van der Waals surface area contributed by atoms with Crippen LogP contribution in [0, 0.1) is 5.92 Å². The second-order valence-electron chi connectivity index (χ2n) is 8.72. The number of hydrogen-bond donors (Lipinski definition) is 0. The predicted octanol–water partition coefficient (Wildman–Crippen LogP) is 6.07. The number of nitrogens with zero attached hydrogens (tertiary/aromatic N) is 1. The Balaban J connectivity index is 1.36. The highest BCUT2D eigenvalue weighted by Crippen LogP contribution is 2.32. The van der Waals surface area contributed by atoms with Crippen LogP contribution in [-0.4, -0.2) is 23.3 Å². The fourth-order valence-corrected chi connectivity index (χ4v) is 4.56. The number of carbonyl (C=O) groups excluding carboxylic acids is 2. The van der Waals surface area contributed by atoms with Crippen molar-refractivity contribution in [3.8, 4) is 11.1 Å². The molecule has 1 unspecified atom stereocenters. The first-order valence-corrected chi connectivity index (χ1v) is 11.4. The molecule has 1 aliphatic rings. The Morgan fingerprint density at radius 3 is 2.39 bits per heavy atom. The van der Waals surface area contributed by atoms with Gasteiger partial charge in [0.2, 0.25) is 0 Å². The van der Waals surface area contributed by atoms with Crippen molar-refractivity contribution in [2.24, 2.45) is 5.92 Å². The van der Waals surface area contributed by atoms with Crippen molar-refractivity contribution >= 4 is 22.7 Å². The lowest BCUT2D eigenvalue weighted by Gasteiger charge is -2.24. The van der Waals surface area contributed by atoms with Gasteiger partial charge in [-0.05, 0) is 47.9 Å². The Morgan fingerprint density at radius 2 is 1.61 bits per heavy atom. The van der Waals surface area contributed by atoms with Crippen molar-refractivity contribution in [1.82, 2.24) is 4.98 Å². The van der Waals surface area contributed by atoms with Crippen LogP contribution in [0.4, 0.5) is 0 Å². The number of para-hydroxylation sites is 1. The first-order valence-electron chi connectivity index (χ1n) is 11.4. The van der Waals surface area contributed by atoms with E-state index >= 15 is 0 Å². The van der Waals surface area contributed by atoms with Gasteiger partial charge in [0, 0.05) is 16.6 Å². The number of carbonyl (C=O) groups is 2. The molecule has 4 heteroatoms. The molecule has 0 saturated carbocycles. The zero-order chi connectivity index (χ0) is 22.8. The van der Waals surface area contributed by atoms with Crippen LogP contribution in [0.1, 0.15) is 45.3 Å². The Labute approximate surface area is 193 Å². The summed E-state index contributed by atoms with van der Waals surface area (Å²) in [6, 6.07) is 25.0. The smallest absolute Gasteiger partial charge is 0.339 e. The summed E-state index contributed by atoms with van der Waals surface area (Å²) in [4.78, 5) is 30.7. The van der Waals surface area contributed by atoms with Crippen LogP contribution >= 0.6 is 0 Å². The SMILES string of the molecule is CC1CCc2nc3ccccc3c(C(=O)OCC(=O)c3ccc(-c4ccccc4)cc3)c2C1. The molecule has 0 bridgehead atoms. The van der Waals surface area contributed by atoms with Crippen LogP contribution in [0.3, 0.4) is 0 Å². The van der Waals surface area contributed by atoms with E-state index in [0.717, 1.165) is 52.5 Å². The van der Waals surface area contributed by atoms with Crippen molar-refractivity contribution in [3.05, 3.63) is 101 Å². The van der Waals surface area contributed by atoms with Gasteiger partial charge in [-0.3, -0.25) is 9.78 Å². The molecule has 0 radical (unpaired) electrons. The van der Waals surface area contributed by atoms with Gasteiger partial charge in [0.05, 0.1) is 11.1 Å². The maximum atomic E-state index is 13.2. The number of Topliss-reactive ketones (excluding diaryl/α,β-unsaturated/α-hetero) is 1. The van der Waals surface area contributed by atoms with Gasteiger partial charge >= 0.3 is 5.97 Å². The van der Waals surface area contributed by atoms with Gasteiger partial charge in [0.1, 0.15) is 0 Å². The van der Waals surface area contributed by atoms with Crippen molar-refractivity contribution in [2.75, 3.05) is 6.61 Å². The maximum Gasteiger partial charge on any atom is 0.339 e. The Kier molecular flexibility index (Phi) is 5.74. The third-order valence-corrected chi connectivity index (χ3v) is 6.36. The summed E-state index contributed by atoms with van der Waals surface area (Å²) in [5.74, 6) is -0.187. The zero-order valence-electron chi connectivity index (χ0n) is 18.6. The molecule has 1 atom stereocenters. The first-order chi connectivity index (χ1) is 16.1. The summed E-state index contributed by atoms with van der Waals surface area (Å²) in [7, 11) is 0.